The van der Waals surface area contributed by atoms with Crippen LogP contribution in [0.1, 0.15) is 17.3 Å². The van der Waals surface area contributed by atoms with Crippen LogP contribution in [0, 0.1) is 0 Å². The van der Waals surface area contributed by atoms with Crippen molar-refractivity contribution in [2.24, 2.45) is 5.73 Å². The Morgan fingerprint density at radius 2 is 2.22 bits per heavy atom. The van der Waals surface area contributed by atoms with Gasteiger partial charge in [0.05, 0.1) is 18.3 Å². The number of carboxylic acid groups (broad SMARTS) is 1. The number of anilines is 1. The van der Waals surface area contributed by atoms with Crippen molar-refractivity contribution in [3.8, 4) is 5.75 Å². The minimum Gasteiger partial charge on any atom is -0.489 e. The highest BCUT2D eigenvalue weighted by atomic mass is 16.5. The first-order valence-corrected chi connectivity index (χ1v) is 5.58. The van der Waals surface area contributed by atoms with Gasteiger partial charge in [-0.25, -0.2) is 4.79 Å². The van der Waals surface area contributed by atoms with Crippen LogP contribution in [-0.2, 0) is 4.79 Å². The number of fused-ring (bicyclic) bond motifs is 1. The number of ether oxygens (including phenoxy) is 1. The maximum atomic E-state index is 11.9. The molecule has 3 N–H and O–H groups in total. The maximum absolute atomic E-state index is 11.9. The van der Waals surface area contributed by atoms with Crippen molar-refractivity contribution in [2.45, 2.75) is 13.0 Å². The molecule has 1 aromatic rings. The number of nitrogens with zero attached hydrogens (tertiary/aromatic N) is 1. The molecule has 0 spiro atoms. The number of para-hydroxylation sites is 1. The van der Waals surface area contributed by atoms with Crippen molar-refractivity contribution < 1.29 is 19.4 Å². The Bertz CT molecular complexity index is 499. The summed E-state index contributed by atoms with van der Waals surface area (Å²) < 4.78 is 5.36. The number of rotatable bonds is 2. The summed E-state index contributed by atoms with van der Waals surface area (Å²) in [7, 11) is 0. The van der Waals surface area contributed by atoms with E-state index in [4.69, 9.17) is 15.6 Å². The Kier molecular flexibility index (Phi) is 3.20. The van der Waals surface area contributed by atoms with E-state index in [2.05, 4.69) is 0 Å². The number of hydrogen-bond donors (Lipinski definition) is 2. The molecular weight excluding hydrogens is 236 g/mol. The van der Waals surface area contributed by atoms with Crippen molar-refractivity contribution >= 4 is 17.6 Å². The lowest BCUT2D eigenvalue weighted by molar-refractivity contribution is -0.119. The quantitative estimate of drug-likeness (QED) is 0.795. The monoisotopic (exact) mass is 250 g/mol. The SMILES string of the molecule is C[C@H](N)C(=O)N1CCOc2c(C(=O)O)cccc21. The molecule has 1 amide bonds. The van der Waals surface area contributed by atoms with E-state index in [1.54, 1.807) is 19.1 Å². The normalized spacial score (nSPS) is 15.6. The second-order valence-electron chi connectivity index (χ2n) is 4.09. The maximum Gasteiger partial charge on any atom is 0.339 e. The van der Waals surface area contributed by atoms with Crippen molar-refractivity contribution in [3.05, 3.63) is 23.8 Å². The molecule has 96 valence electrons. The number of benzene rings is 1. The Balaban J connectivity index is 2.48. The van der Waals surface area contributed by atoms with E-state index in [0.29, 0.717) is 12.2 Å². The van der Waals surface area contributed by atoms with Gasteiger partial charge >= 0.3 is 5.97 Å². The molecule has 1 aliphatic rings. The third-order valence-corrected chi connectivity index (χ3v) is 2.73. The number of aromatic carboxylic acids is 1. The zero-order valence-corrected chi connectivity index (χ0v) is 9.92. The summed E-state index contributed by atoms with van der Waals surface area (Å²) in [5, 5.41) is 9.07. The largest absolute Gasteiger partial charge is 0.489 e. The van der Waals surface area contributed by atoms with E-state index < -0.39 is 12.0 Å². The number of carbonyl (C=O) groups excluding carboxylic acids is 1. The number of amides is 1. The van der Waals surface area contributed by atoms with Gasteiger partial charge in [0.1, 0.15) is 12.2 Å². The van der Waals surface area contributed by atoms with E-state index in [-0.39, 0.29) is 23.8 Å². The Labute approximate surface area is 104 Å². The summed E-state index contributed by atoms with van der Waals surface area (Å²) in [6, 6.07) is 4.05. The molecule has 0 saturated heterocycles. The topological polar surface area (TPSA) is 92.9 Å². The van der Waals surface area contributed by atoms with E-state index in [1.165, 1.54) is 11.0 Å². The standard InChI is InChI=1S/C12H14N2O4/c1-7(13)11(15)14-5-6-18-10-8(12(16)17)3-2-4-9(10)14/h2-4,7H,5-6,13H2,1H3,(H,16,17)/t7-/m0/s1. The predicted octanol–water partition coefficient (Wildman–Crippen LogP) is 0.457. The molecule has 0 aliphatic carbocycles. The molecule has 6 heteroatoms. The third-order valence-electron chi connectivity index (χ3n) is 2.73. The Hall–Kier alpha value is -2.08. The van der Waals surface area contributed by atoms with Gasteiger partial charge in [-0.15, -0.1) is 0 Å². The van der Waals surface area contributed by atoms with Crippen LogP contribution in [0.15, 0.2) is 18.2 Å². The third kappa shape index (κ3) is 2.02. The lowest BCUT2D eigenvalue weighted by atomic mass is 10.1. The van der Waals surface area contributed by atoms with Gasteiger partial charge < -0.3 is 20.5 Å². The molecule has 1 heterocycles. The molecule has 1 atom stereocenters. The second-order valence-corrected chi connectivity index (χ2v) is 4.09. The summed E-state index contributed by atoms with van der Waals surface area (Å²) in [5.41, 5.74) is 6.09. The van der Waals surface area contributed by atoms with Crippen LogP contribution in [0.3, 0.4) is 0 Å². The highest BCUT2D eigenvalue weighted by Gasteiger charge is 2.28. The molecule has 0 saturated carbocycles. The van der Waals surface area contributed by atoms with E-state index in [9.17, 15) is 9.59 Å². The number of hydrogen-bond acceptors (Lipinski definition) is 4. The lowest BCUT2D eigenvalue weighted by Crippen LogP contribution is -2.46. The van der Waals surface area contributed by atoms with Gasteiger partial charge in [-0.3, -0.25) is 4.79 Å². The van der Waals surface area contributed by atoms with Crippen LogP contribution >= 0.6 is 0 Å². The summed E-state index contributed by atoms with van der Waals surface area (Å²) in [5.74, 6) is -1.10. The van der Waals surface area contributed by atoms with Crippen LogP contribution in [0.4, 0.5) is 5.69 Å². The average Bonchev–Trinajstić information content (AvgIpc) is 2.36. The molecular formula is C12H14N2O4. The van der Waals surface area contributed by atoms with Gasteiger partial charge in [0.2, 0.25) is 5.91 Å². The Morgan fingerprint density at radius 3 is 2.83 bits per heavy atom. The van der Waals surface area contributed by atoms with Crippen LogP contribution < -0.4 is 15.4 Å². The van der Waals surface area contributed by atoms with Crippen molar-refractivity contribution in [2.75, 3.05) is 18.1 Å². The van der Waals surface area contributed by atoms with Crippen LogP contribution in [-0.4, -0.2) is 36.2 Å². The second kappa shape index (κ2) is 4.66. The fraction of sp³-hybridized carbons (Fsp3) is 0.333. The minimum absolute atomic E-state index is 0.0506. The lowest BCUT2D eigenvalue weighted by Gasteiger charge is -2.31. The van der Waals surface area contributed by atoms with Crippen LogP contribution in [0.2, 0.25) is 0 Å². The molecule has 18 heavy (non-hydrogen) atoms. The summed E-state index contributed by atoms with van der Waals surface area (Å²) in [6.45, 7) is 2.23. The number of nitrogens with two attached hydrogens (primary N) is 1. The smallest absolute Gasteiger partial charge is 0.339 e. The molecule has 1 aromatic carbocycles. The number of carboxylic acids is 1. The molecule has 0 fully saturated rings. The summed E-state index contributed by atoms with van der Waals surface area (Å²) >= 11 is 0. The molecule has 1 aliphatic heterocycles. The first-order valence-electron chi connectivity index (χ1n) is 5.58. The van der Waals surface area contributed by atoms with Crippen molar-refractivity contribution in [3.63, 3.8) is 0 Å². The first-order chi connectivity index (χ1) is 8.52. The van der Waals surface area contributed by atoms with Gasteiger partial charge in [-0.05, 0) is 19.1 Å². The highest BCUT2D eigenvalue weighted by molar-refractivity contribution is 6.01. The van der Waals surface area contributed by atoms with E-state index >= 15 is 0 Å². The Morgan fingerprint density at radius 1 is 1.50 bits per heavy atom. The number of carbonyl (C=O) groups is 2. The van der Waals surface area contributed by atoms with Crippen molar-refractivity contribution in [1.82, 2.24) is 0 Å². The summed E-state index contributed by atoms with van der Waals surface area (Å²) in [4.78, 5) is 24.5. The van der Waals surface area contributed by atoms with Gasteiger partial charge in [0.15, 0.2) is 5.75 Å². The predicted molar refractivity (Wildman–Crippen MR) is 64.9 cm³/mol. The molecule has 0 aromatic heterocycles. The van der Waals surface area contributed by atoms with Gasteiger partial charge in [0, 0.05) is 0 Å². The van der Waals surface area contributed by atoms with Crippen LogP contribution in [0.25, 0.3) is 0 Å². The van der Waals surface area contributed by atoms with Crippen molar-refractivity contribution in [1.29, 1.82) is 0 Å². The molecule has 6 nitrogen and oxygen atoms in total. The van der Waals surface area contributed by atoms with Gasteiger partial charge in [-0.2, -0.15) is 0 Å². The molecule has 2 rings (SSSR count). The van der Waals surface area contributed by atoms with E-state index in [1.807, 2.05) is 0 Å². The van der Waals surface area contributed by atoms with Gasteiger partial charge in [-0.1, -0.05) is 6.07 Å². The molecule has 0 unspecified atom stereocenters. The zero-order valence-electron chi connectivity index (χ0n) is 9.92. The molecule has 0 radical (unpaired) electrons. The zero-order chi connectivity index (χ0) is 13.3. The molecule has 0 bridgehead atoms. The summed E-state index contributed by atoms with van der Waals surface area (Å²) in [6.07, 6.45) is 0. The highest BCUT2D eigenvalue weighted by Crippen LogP contribution is 2.35. The van der Waals surface area contributed by atoms with E-state index in [0.717, 1.165) is 0 Å². The minimum atomic E-state index is -1.08. The van der Waals surface area contributed by atoms with Crippen LogP contribution in [0.5, 0.6) is 5.75 Å². The average molecular weight is 250 g/mol. The van der Waals surface area contributed by atoms with Gasteiger partial charge in [0.25, 0.3) is 0 Å². The fourth-order valence-corrected chi connectivity index (χ4v) is 1.89. The first kappa shape index (κ1) is 12.4. The fourth-order valence-electron chi connectivity index (χ4n) is 1.89.